The fourth-order valence-corrected chi connectivity index (χ4v) is 7.96. The van der Waals surface area contributed by atoms with Crippen molar-refractivity contribution in [3.8, 4) is 0 Å². The van der Waals surface area contributed by atoms with E-state index < -0.39 is 21.8 Å². The second-order valence-electron chi connectivity index (χ2n) is 6.83. The normalized spacial score (nSPS) is 24.1. The predicted octanol–water partition coefficient (Wildman–Crippen LogP) is 3.98. The minimum Gasteiger partial charge on any atom is -0.313 e. The van der Waals surface area contributed by atoms with Gasteiger partial charge in [-0.2, -0.15) is 4.99 Å². The van der Waals surface area contributed by atoms with Crippen LogP contribution in [0.1, 0.15) is 5.56 Å². The molecule has 0 aromatic heterocycles. The number of fused-ring (bicyclic) bond motifs is 1. The topological polar surface area (TPSA) is 66.8 Å². The number of carbonyl (C=O) groups is 1. The molecule has 29 heavy (non-hydrogen) atoms. The molecule has 2 heterocycles. The average Bonchev–Trinajstić information content (AvgIpc) is 3.09. The highest BCUT2D eigenvalue weighted by Crippen LogP contribution is 2.45. The van der Waals surface area contributed by atoms with Crippen LogP contribution in [0.3, 0.4) is 0 Å². The highest BCUT2D eigenvalue weighted by Gasteiger charge is 2.50. The quantitative estimate of drug-likeness (QED) is 0.675. The van der Waals surface area contributed by atoms with Crippen LogP contribution in [-0.4, -0.2) is 42.3 Å². The lowest BCUT2D eigenvalue weighted by Crippen LogP contribution is -2.38. The van der Waals surface area contributed by atoms with E-state index in [2.05, 4.69) is 4.99 Å². The molecule has 2 saturated heterocycles. The summed E-state index contributed by atoms with van der Waals surface area (Å²) in [6.45, 7) is 0. The average molecular weight is 473 g/mol. The summed E-state index contributed by atoms with van der Waals surface area (Å²) >= 11 is 14.0. The number of nitrogens with zero attached hydrogens (tertiary/aromatic N) is 2. The third kappa shape index (κ3) is 4.30. The molecule has 2 atom stereocenters. The van der Waals surface area contributed by atoms with Crippen molar-refractivity contribution >= 4 is 61.6 Å². The first-order valence-electron chi connectivity index (χ1n) is 8.70. The van der Waals surface area contributed by atoms with Crippen LogP contribution in [0.15, 0.2) is 47.5 Å². The lowest BCUT2D eigenvalue weighted by Gasteiger charge is -2.26. The Bertz CT molecular complexity index is 1090. The van der Waals surface area contributed by atoms with Crippen molar-refractivity contribution in [2.45, 2.75) is 17.7 Å². The van der Waals surface area contributed by atoms with E-state index in [1.807, 2.05) is 0 Å². The molecule has 2 aliphatic rings. The van der Waals surface area contributed by atoms with Gasteiger partial charge in [0, 0.05) is 5.25 Å². The molecule has 0 bridgehead atoms. The van der Waals surface area contributed by atoms with Gasteiger partial charge >= 0.3 is 0 Å². The Morgan fingerprint density at radius 2 is 1.79 bits per heavy atom. The van der Waals surface area contributed by atoms with Crippen LogP contribution >= 0.6 is 35.0 Å². The Morgan fingerprint density at radius 1 is 1.14 bits per heavy atom. The zero-order chi connectivity index (χ0) is 20.8. The second kappa shape index (κ2) is 7.91. The van der Waals surface area contributed by atoms with Crippen LogP contribution in [0.25, 0.3) is 0 Å². The Hall–Kier alpha value is -1.61. The van der Waals surface area contributed by atoms with E-state index in [1.165, 1.54) is 36.0 Å². The van der Waals surface area contributed by atoms with Crippen LogP contribution in [-0.2, 0) is 21.1 Å². The standard InChI is InChI=1S/C19H15Cl2FN2O3S2/c20-13-2-1-3-14(21)18(13)24-15-9-29(26,27)10-16(15)28-19(24)23-17(25)8-11-4-6-12(22)7-5-11/h1-7,15-16H,8-10H2/t15-,16-/m1/s1. The van der Waals surface area contributed by atoms with Crippen molar-refractivity contribution in [3.05, 3.63) is 63.9 Å². The molecule has 0 N–H and O–H groups in total. The van der Waals surface area contributed by atoms with E-state index in [0.29, 0.717) is 26.5 Å². The highest BCUT2D eigenvalue weighted by atomic mass is 35.5. The van der Waals surface area contributed by atoms with Crippen molar-refractivity contribution in [2.24, 2.45) is 4.99 Å². The number of rotatable bonds is 3. The van der Waals surface area contributed by atoms with Crippen LogP contribution in [0, 0.1) is 5.82 Å². The Labute approximate surface area is 181 Å². The van der Waals surface area contributed by atoms with Gasteiger partial charge in [0.1, 0.15) is 5.82 Å². The van der Waals surface area contributed by atoms with Crippen molar-refractivity contribution in [2.75, 3.05) is 16.4 Å². The van der Waals surface area contributed by atoms with Gasteiger partial charge in [0.05, 0.1) is 39.7 Å². The summed E-state index contributed by atoms with van der Waals surface area (Å²) in [4.78, 5) is 18.4. The van der Waals surface area contributed by atoms with E-state index in [1.54, 1.807) is 23.1 Å². The minimum atomic E-state index is -3.20. The number of amidine groups is 1. The maximum absolute atomic E-state index is 13.1. The third-order valence-electron chi connectivity index (χ3n) is 4.73. The van der Waals surface area contributed by atoms with Gasteiger partial charge < -0.3 is 4.90 Å². The molecule has 2 aliphatic heterocycles. The van der Waals surface area contributed by atoms with E-state index in [9.17, 15) is 17.6 Å². The number of hydrogen-bond donors (Lipinski definition) is 0. The number of hydrogen-bond acceptors (Lipinski definition) is 4. The number of sulfone groups is 1. The Balaban J connectivity index is 1.69. The van der Waals surface area contributed by atoms with Gasteiger partial charge in [-0.3, -0.25) is 4.79 Å². The zero-order valence-electron chi connectivity index (χ0n) is 14.9. The van der Waals surface area contributed by atoms with E-state index in [0.717, 1.165) is 0 Å². The van der Waals surface area contributed by atoms with Crippen LogP contribution in [0.2, 0.25) is 10.0 Å². The van der Waals surface area contributed by atoms with Gasteiger partial charge in [-0.25, -0.2) is 12.8 Å². The Kier molecular flexibility index (Phi) is 5.63. The molecule has 2 aromatic rings. The van der Waals surface area contributed by atoms with E-state index in [-0.39, 0.29) is 29.0 Å². The first kappa shape index (κ1) is 20.7. The summed E-state index contributed by atoms with van der Waals surface area (Å²) in [5.74, 6) is -0.855. The van der Waals surface area contributed by atoms with Crippen LogP contribution < -0.4 is 4.90 Å². The fraction of sp³-hybridized carbons (Fsp3) is 0.263. The molecule has 0 saturated carbocycles. The van der Waals surface area contributed by atoms with Gasteiger partial charge in [-0.05, 0) is 29.8 Å². The summed E-state index contributed by atoms with van der Waals surface area (Å²) in [5.41, 5.74) is 1.08. The molecule has 0 aliphatic carbocycles. The van der Waals surface area contributed by atoms with Crippen molar-refractivity contribution in [1.82, 2.24) is 0 Å². The van der Waals surface area contributed by atoms with Crippen LogP contribution in [0.4, 0.5) is 10.1 Å². The lowest BCUT2D eigenvalue weighted by atomic mass is 10.1. The van der Waals surface area contributed by atoms with E-state index >= 15 is 0 Å². The van der Waals surface area contributed by atoms with Gasteiger partial charge in [0.15, 0.2) is 15.0 Å². The summed E-state index contributed by atoms with van der Waals surface area (Å²) in [6, 6.07) is 10.2. The predicted molar refractivity (Wildman–Crippen MR) is 115 cm³/mol. The highest BCUT2D eigenvalue weighted by molar-refractivity contribution is 8.16. The van der Waals surface area contributed by atoms with E-state index in [4.69, 9.17) is 23.2 Å². The number of amides is 1. The van der Waals surface area contributed by atoms with Crippen molar-refractivity contribution in [3.63, 3.8) is 0 Å². The SMILES string of the molecule is O=C(Cc1ccc(F)cc1)N=C1S[C@@H]2CS(=O)(=O)C[C@H]2N1c1c(Cl)cccc1Cl. The molecule has 0 radical (unpaired) electrons. The molecule has 152 valence electrons. The number of aliphatic imine (C=N–C) groups is 1. The monoisotopic (exact) mass is 472 g/mol. The smallest absolute Gasteiger partial charge is 0.252 e. The van der Waals surface area contributed by atoms with Crippen molar-refractivity contribution < 1.29 is 17.6 Å². The molecule has 1 amide bonds. The maximum Gasteiger partial charge on any atom is 0.252 e. The zero-order valence-corrected chi connectivity index (χ0v) is 18.0. The number of anilines is 1. The Morgan fingerprint density at radius 3 is 2.45 bits per heavy atom. The molecular weight excluding hydrogens is 458 g/mol. The molecule has 10 heteroatoms. The van der Waals surface area contributed by atoms with Crippen LogP contribution in [0.5, 0.6) is 0 Å². The van der Waals surface area contributed by atoms with Gasteiger partial charge in [-0.15, -0.1) is 0 Å². The number of benzene rings is 2. The minimum absolute atomic E-state index is 0.00205. The van der Waals surface area contributed by atoms with Gasteiger partial charge in [0.25, 0.3) is 5.91 Å². The molecular formula is C19H15Cl2FN2O3S2. The fourth-order valence-electron chi connectivity index (χ4n) is 3.47. The van der Waals surface area contributed by atoms with Gasteiger partial charge in [0.2, 0.25) is 0 Å². The second-order valence-corrected chi connectivity index (χ2v) is 11.0. The molecule has 4 rings (SSSR count). The summed E-state index contributed by atoms with van der Waals surface area (Å²) < 4.78 is 37.4. The molecule has 2 fully saturated rings. The molecule has 0 spiro atoms. The lowest BCUT2D eigenvalue weighted by molar-refractivity contribution is -0.117. The number of thioether (sulfide) groups is 1. The first-order chi connectivity index (χ1) is 13.7. The first-order valence-corrected chi connectivity index (χ1v) is 12.2. The third-order valence-corrected chi connectivity index (χ3v) is 8.55. The summed E-state index contributed by atoms with van der Waals surface area (Å²) in [5, 5.41) is 0.810. The summed E-state index contributed by atoms with van der Waals surface area (Å²) in [7, 11) is -3.20. The largest absolute Gasteiger partial charge is 0.313 e. The number of halogens is 3. The maximum atomic E-state index is 13.1. The van der Waals surface area contributed by atoms with Crippen molar-refractivity contribution in [1.29, 1.82) is 0 Å². The summed E-state index contributed by atoms with van der Waals surface area (Å²) in [6.07, 6.45) is 0.00205. The molecule has 5 nitrogen and oxygen atoms in total. The van der Waals surface area contributed by atoms with Gasteiger partial charge in [-0.1, -0.05) is 53.2 Å². The molecule has 2 aromatic carbocycles. The molecule has 0 unspecified atom stereocenters. The number of carbonyl (C=O) groups excluding carboxylic acids is 1. The number of para-hydroxylation sites is 1.